The van der Waals surface area contributed by atoms with Crippen LogP contribution < -0.4 is 5.73 Å². The Morgan fingerprint density at radius 3 is 2.47 bits per heavy atom. The van der Waals surface area contributed by atoms with Gasteiger partial charge in [0.2, 0.25) is 0 Å². The number of hydrogen-bond donors (Lipinski definition) is 1. The minimum atomic E-state index is -0.301. The van der Waals surface area contributed by atoms with Crippen LogP contribution in [0.3, 0.4) is 0 Å². The van der Waals surface area contributed by atoms with E-state index in [0.29, 0.717) is 18.0 Å². The molecule has 1 atom stereocenters. The van der Waals surface area contributed by atoms with Gasteiger partial charge in [-0.15, -0.1) is 0 Å². The molecule has 0 fully saturated rings. The van der Waals surface area contributed by atoms with Crippen molar-refractivity contribution in [2.75, 3.05) is 6.54 Å². The summed E-state index contributed by atoms with van der Waals surface area (Å²) in [5, 5.41) is 0. The van der Waals surface area contributed by atoms with Crippen LogP contribution in [0.4, 0.5) is 4.39 Å². The van der Waals surface area contributed by atoms with Crippen LogP contribution in [-0.2, 0) is 5.41 Å². The molecular weight excluding hydrogens is 257 g/mol. The number of rotatable bonds is 3. The summed E-state index contributed by atoms with van der Waals surface area (Å²) in [4.78, 5) is 0. The summed E-state index contributed by atoms with van der Waals surface area (Å²) in [6, 6.07) is 5.16. The number of halogens is 2. The molecule has 2 N–H and O–H groups in total. The van der Waals surface area contributed by atoms with Crippen molar-refractivity contribution in [1.82, 2.24) is 0 Å². The van der Waals surface area contributed by atoms with E-state index in [-0.39, 0.29) is 11.2 Å². The highest BCUT2D eigenvalue weighted by Crippen LogP contribution is 2.33. The van der Waals surface area contributed by atoms with Crippen molar-refractivity contribution in [3.63, 3.8) is 0 Å². The first kappa shape index (κ1) is 12.7. The van der Waals surface area contributed by atoms with Gasteiger partial charge in [0.15, 0.2) is 0 Å². The van der Waals surface area contributed by atoms with Crippen molar-refractivity contribution in [3.8, 4) is 0 Å². The minimum Gasteiger partial charge on any atom is -0.330 e. The molecule has 0 spiro atoms. The highest BCUT2D eigenvalue weighted by molar-refractivity contribution is 9.10. The topological polar surface area (TPSA) is 26.0 Å². The molecule has 1 nitrogen and oxygen atoms in total. The molecule has 0 saturated carbocycles. The molecule has 0 aromatic heterocycles. The van der Waals surface area contributed by atoms with Crippen LogP contribution in [0.25, 0.3) is 0 Å². The van der Waals surface area contributed by atoms with Crippen LogP contribution in [0.5, 0.6) is 0 Å². The Kier molecular flexibility index (Phi) is 3.90. The van der Waals surface area contributed by atoms with Crippen molar-refractivity contribution in [1.29, 1.82) is 0 Å². The fourth-order valence-electron chi connectivity index (χ4n) is 1.61. The van der Waals surface area contributed by atoms with Crippen molar-refractivity contribution in [3.05, 3.63) is 34.1 Å². The lowest BCUT2D eigenvalue weighted by atomic mass is 9.73. The van der Waals surface area contributed by atoms with Crippen molar-refractivity contribution >= 4 is 15.9 Å². The summed E-state index contributed by atoms with van der Waals surface area (Å²) >= 11 is 3.25. The molecule has 3 heteroatoms. The maximum absolute atomic E-state index is 13.8. The molecule has 0 radical (unpaired) electrons. The molecule has 1 rings (SSSR count). The Morgan fingerprint density at radius 1 is 1.47 bits per heavy atom. The predicted octanol–water partition coefficient (Wildman–Crippen LogP) is 3.46. The third-order valence-corrected chi connectivity index (χ3v) is 3.74. The van der Waals surface area contributed by atoms with Gasteiger partial charge in [0.05, 0.1) is 0 Å². The SMILES string of the molecule is CC(C)C(C)(CN)c1ccc(Br)cc1F. The van der Waals surface area contributed by atoms with Gasteiger partial charge in [0.1, 0.15) is 5.82 Å². The summed E-state index contributed by atoms with van der Waals surface area (Å²) in [6.07, 6.45) is 0. The molecule has 0 aliphatic rings. The molecule has 0 heterocycles. The summed E-state index contributed by atoms with van der Waals surface area (Å²) in [5.41, 5.74) is 6.17. The van der Waals surface area contributed by atoms with E-state index in [2.05, 4.69) is 29.8 Å². The fourth-order valence-corrected chi connectivity index (χ4v) is 1.94. The van der Waals surface area contributed by atoms with E-state index in [1.54, 1.807) is 0 Å². The second kappa shape index (κ2) is 4.62. The van der Waals surface area contributed by atoms with Gasteiger partial charge in [-0.2, -0.15) is 0 Å². The lowest BCUT2D eigenvalue weighted by molar-refractivity contribution is 0.334. The first-order chi connectivity index (χ1) is 6.91. The molecule has 1 aromatic carbocycles. The van der Waals surface area contributed by atoms with E-state index in [1.165, 1.54) is 6.07 Å². The van der Waals surface area contributed by atoms with Crippen LogP contribution in [0.2, 0.25) is 0 Å². The molecule has 15 heavy (non-hydrogen) atoms. The van der Waals surface area contributed by atoms with Gasteiger partial charge >= 0.3 is 0 Å². The van der Waals surface area contributed by atoms with Crippen LogP contribution >= 0.6 is 15.9 Å². The molecule has 0 aliphatic heterocycles. The highest BCUT2D eigenvalue weighted by atomic mass is 79.9. The first-order valence-corrected chi connectivity index (χ1v) is 5.86. The van der Waals surface area contributed by atoms with Crippen molar-refractivity contribution in [2.45, 2.75) is 26.2 Å². The standard InChI is InChI=1S/C12H17BrFN/c1-8(2)12(3,7-15)10-5-4-9(13)6-11(10)14/h4-6,8H,7,15H2,1-3H3. The predicted molar refractivity (Wildman–Crippen MR) is 65.3 cm³/mol. The third kappa shape index (κ3) is 2.40. The Balaban J connectivity index is 3.24. The summed E-state index contributed by atoms with van der Waals surface area (Å²) in [6.45, 7) is 6.58. The zero-order valence-electron chi connectivity index (χ0n) is 9.35. The minimum absolute atomic E-state index is 0.189. The zero-order chi connectivity index (χ0) is 11.6. The molecule has 0 bridgehead atoms. The number of benzene rings is 1. The quantitative estimate of drug-likeness (QED) is 0.897. The second-order valence-corrected chi connectivity index (χ2v) is 5.32. The van der Waals surface area contributed by atoms with Crippen molar-refractivity contribution < 1.29 is 4.39 Å². The molecule has 1 unspecified atom stereocenters. The summed E-state index contributed by atoms with van der Waals surface area (Å²) < 4.78 is 14.6. The average molecular weight is 274 g/mol. The van der Waals surface area contributed by atoms with Crippen molar-refractivity contribution in [2.24, 2.45) is 11.7 Å². The van der Waals surface area contributed by atoms with Crippen LogP contribution in [0.1, 0.15) is 26.3 Å². The van der Waals surface area contributed by atoms with E-state index < -0.39 is 0 Å². The normalized spacial score (nSPS) is 15.4. The van der Waals surface area contributed by atoms with E-state index in [4.69, 9.17) is 5.73 Å². The van der Waals surface area contributed by atoms with Gasteiger partial charge in [-0.1, -0.05) is 42.8 Å². The zero-order valence-corrected chi connectivity index (χ0v) is 10.9. The maximum Gasteiger partial charge on any atom is 0.128 e. The lowest BCUT2D eigenvalue weighted by Crippen LogP contribution is -2.37. The number of hydrogen-bond acceptors (Lipinski definition) is 1. The Bertz CT molecular complexity index is 351. The van der Waals surface area contributed by atoms with E-state index in [1.807, 2.05) is 19.1 Å². The highest BCUT2D eigenvalue weighted by Gasteiger charge is 2.31. The van der Waals surface area contributed by atoms with Crippen LogP contribution in [-0.4, -0.2) is 6.54 Å². The third-order valence-electron chi connectivity index (χ3n) is 3.24. The Hall–Kier alpha value is -0.410. The average Bonchev–Trinajstić information content (AvgIpc) is 2.16. The smallest absolute Gasteiger partial charge is 0.128 e. The van der Waals surface area contributed by atoms with Gasteiger partial charge in [-0.05, 0) is 23.6 Å². The molecular formula is C12H17BrFN. The molecule has 0 saturated heterocycles. The van der Waals surface area contributed by atoms with Crippen LogP contribution in [0, 0.1) is 11.7 Å². The monoisotopic (exact) mass is 273 g/mol. The maximum atomic E-state index is 13.8. The molecule has 1 aromatic rings. The molecule has 0 aliphatic carbocycles. The van der Waals surface area contributed by atoms with Gasteiger partial charge in [0, 0.05) is 16.4 Å². The fraction of sp³-hybridized carbons (Fsp3) is 0.500. The Labute approximate surface area is 99.0 Å². The summed E-state index contributed by atoms with van der Waals surface area (Å²) in [5.74, 6) is 0.115. The van der Waals surface area contributed by atoms with E-state index >= 15 is 0 Å². The van der Waals surface area contributed by atoms with Gasteiger partial charge < -0.3 is 5.73 Å². The van der Waals surface area contributed by atoms with Gasteiger partial charge in [-0.3, -0.25) is 0 Å². The molecule has 84 valence electrons. The van der Waals surface area contributed by atoms with Gasteiger partial charge in [0.25, 0.3) is 0 Å². The largest absolute Gasteiger partial charge is 0.330 e. The summed E-state index contributed by atoms with van der Waals surface area (Å²) in [7, 11) is 0. The second-order valence-electron chi connectivity index (χ2n) is 4.40. The van der Waals surface area contributed by atoms with Crippen LogP contribution in [0.15, 0.2) is 22.7 Å². The van der Waals surface area contributed by atoms with E-state index in [9.17, 15) is 4.39 Å². The lowest BCUT2D eigenvalue weighted by Gasteiger charge is -2.33. The Morgan fingerprint density at radius 2 is 2.07 bits per heavy atom. The van der Waals surface area contributed by atoms with Gasteiger partial charge in [-0.25, -0.2) is 4.39 Å². The first-order valence-electron chi connectivity index (χ1n) is 5.07. The van der Waals surface area contributed by atoms with E-state index in [0.717, 1.165) is 4.47 Å². The number of nitrogens with two attached hydrogens (primary N) is 1. The molecule has 0 amide bonds.